The molecule has 1 fully saturated rings. The van der Waals surface area contributed by atoms with Gasteiger partial charge in [-0.3, -0.25) is 0 Å². The molecule has 2 unspecified atom stereocenters. The Morgan fingerprint density at radius 3 is 2.89 bits per heavy atom. The Morgan fingerprint density at radius 1 is 1.42 bits per heavy atom. The molecule has 1 aromatic carbocycles. The van der Waals surface area contributed by atoms with E-state index < -0.39 is 0 Å². The van der Waals surface area contributed by atoms with Crippen molar-refractivity contribution in [2.45, 2.75) is 25.5 Å². The van der Waals surface area contributed by atoms with Crippen LogP contribution in [0.4, 0.5) is 0 Å². The fourth-order valence-corrected chi connectivity index (χ4v) is 2.46. The Labute approximate surface area is 115 Å². The fourth-order valence-electron chi connectivity index (χ4n) is 2.46. The van der Waals surface area contributed by atoms with Gasteiger partial charge in [-0.1, -0.05) is 17.7 Å². The number of rotatable bonds is 5. The van der Waals surface area contributed by atoms with Crippen LogP contribution in [0.3, 0.4) is 0 Å². The predicted octanol–water partition coefficient (Wildman–Crippen LogP) is 1.55. The summed E-state index contributed by atoms with van der Waals surface area (Å²) in [6.45, 7) is 4.12. The molecule has 106 valence electrons. The lowest BCUT2D eigenvalue weighted by Gasteiger charge is -2.30. The molecular formula is C15H23NO3. The molecule has 2 rings (SSSR count). The number of methoxy groups -OCH3 is 1. The van der Waals surface area contributed by atoms with E-state index in [0.717, 1.165) is 12.2 Å². The minimum Gasteiger partial charge on any atom is -0.496 e. The van der Waals surface area contributed by atoms with Gasteiger partial charge in [0, 0.05) is 6.04 Å². The number of ether oxygens (including phenoxy) is 3. The van der Waals surface area contributed by atoms with Crippen LogP contribution >= 0.6 is 0 Å². The quantitative estimate of drug-likeness (QED) is 0.877. The van der Waals surface area contributed by atoms with Crippen LogP contribution in [0.25, 0.3) is 0 Å². The van der Waals surface area contributed by atoms with Gasteiger partial charge in [0.2, 0.25) is 0 Å². The molecule has 0 aromatic heterocycles. The van der Waals surface area contributed by atoms with E-state index in [2.05, 4.69) is 24.4 Å². The number of benzene rings is 1. The Bertz CT molecular complexity index is 402. The molecule has 1 saturated heterocycles. The molecule has 0 aliphatic carbocycles. The molecule has 1 aromatic rings. The molecule has 19 heavy (non-hydrogen) atoms. The highest BCUT2D eigenvalue weighted by atomic mass is 16.6. The lowest BCUT2D eigenvalue weighted by Crippen LogP contribution is -2.46. The van der Waals surface area contributed by atoms with Crippen LogP contribution < -0.4 is 10.1 Å². The standard InChI is InChI=1S/C15H23NO3/c1-11-4-5-14(17-3)12(8-11)9-13(16-2)15-10-18-6-7-19-15/h4-5,8,13,15-16H,6-7,9-10H2,1-3H3. The van der Waals surface area contributed by atoms with E-state index in [1.165, 1.54) is 11.1 Å². The molecule has 1 heterocycles. The van der Waals surface area contributed by atoms with Gasteiger partial charge in [0.25, 0.3) is 0 Å². The summed E-state index contributed by atoms with van der Waals surface area (Å²) in [5.74, 6) is 0.933. The van der Waals surface area contributed by atoms with E-state index in [4.69, 9.17) is 14.2 Å². The maximum Gasteiger partial charge on any atom is 0.122 e. The van der Waals surface area contributed by atoms with Crippen molar-refractivity contribution in [2.75, 3.05) is 34.0 Å². The fraction of sp³-hybridized carbons (Fsp3) is 0.600. The summed E-state index contributed by atoms with van der Waals surface area (Å²) >= 11 is 0. The van der Waals surface area contributed by atoms with Gasteiger partial charge in [-0.05, 0) is 32.0 Å². The molecule has 0 radical (unpaired) electrons. The van der Waals surface area contributed by atoms with E-state index in [-0.39, 0.29) is 12.1 Å². The highest BCUT2D eigenvalue weighted by molar-refractivity contribution is 5.37. The molecule has 1 N–H and O–H groups in total. The van der Waals surface area contributed by atoms with E-state index in [1.807, 2.05) is 13.1 Å². The number of likely N-dealkylation sites (N-methyl/N-ethyl adjacent to an activating group) is 1. The second kappa shape index (κ2) is 6.89. The minimum atomic E-state index is 0.101. The van der Waals surface area contributed by atoms with Gasteiger partial charge in [0.05, 0.1) is 33.0 Å². The SMILES string of the molecule is CNC(Cc1cc(C)ccc1OC)C1COCCO1. The van der Waals surface area contributed by atoms with Crippen molar-refractivity contribution in [1.82, 2.24) is 5.32 Å². The third-order valence-electron chi connectivity index (χ3n) is 3.54. The summed E-state index contributed by atoms with van der Waals surface area (Å²) in [4.78, 5) is 0. The van der Waals surface area contributed by atoms with Crippen molar-refractivity contribution in [3.63, 3.8) is 0 Å². The van der Waals surface area contributed by atoms with E-state index in [9.17, 15) is 0 Å². The van der Waals surface area contributed by atoms with Crippen LogP contribution in [0.15, 0.2) is 18.2 Å². The lowest BCUT2D eigenvalue weighted by molar-refractivity contribution is -0.100. The number of hydrogen-bond donors (Lipinski definition) is 1. The minimum absolute atomic E-state index is 0.101. The van der Waals surface area contributed by atoms with Gasteiger partial charge in [0.1, 0.15) is 5.75 Å². The topological polar surface area (TPSA) is 39.7 Å². The first-order chi connectivity index (χ1) is 9.24. The number of hydrogen-bond acceptors (Lipinski definition) is 4. The zero-order valence-corrected chi connectivity index (χ0v) is 11.9. The molecule has 4 nitrogen and oxygen atoms in total. The Balaban J connectivity index is 2.10. The third kappa shape index (κ3) is 3.69. The van der Waals surface area contributed by atoms with Gasteiger partial charge in [-0.2, -0.15) is 0 Å². The normalized spacial score (nSPS) is 21.1. The first kappa shape index (κ1) is 14.3. The van der Waals surface area contributed by atoms with Crippen LogP contribution in [-0.2, 0) is 15.9 Å². The van der Waals surface area contributed by atoms with Crippen molar-refractivity contribution in [3.05, 3.63) is 29.3 Å². The molecule has 0 spiro atoms. The van der Waals surface area contributed by atoms with Crippen molar-refractivity contribution in [1.29, 1.82) is 0 Å². The highest BCUT2D eigenvalue weighted by Crippen LogP contribution is 2.22. The molecular weight excluding hydrogens is 242 g/mol. The summed E-state index contributed by atoms with van der Waals surface area (Å²) in [5, 5.41) is 3.33. The Morgan fingerprint density at radius 2 is 2.26 bits per heavy atom. The smallest absolute Gasteiger partial charge is 0.122 e. The van der Waals surface area contributed by atoms with E-state index in [1.54, 1.807) is 7.11 Å². The second-order valence-corrected chi connectivity index (χ2v) is 4.90. The van der Waals surface area contributed by atoms with Crippen LogP contribution in [0, 0.1) is 6.92 Å². The maximum atomic E-state index is 5.78. The highest BCUT2D eigenvalue weighted by Gasteiger charge is 2.25. The molecule has 2 atom stereocenters. The number of aryl methyl sites for hydroxylation is 1. The van der Waals surface area contributed by atoms with Crippen LogP contribution in [-0.4, -0.2) is 46.1 Å². The summed E-state index contributed by atoms with van der Waals surface area (Å²) in [5.41, 5.74) is 2.45. The maximum absolute atomic E-state index is 5.78. The summed E-state index contributed by atoms with van der Waals surface area (Å²) in [6.07, 6.45) is 0.971. The third-order valence-corrected chi connectivity index (χ3v) is 3.54. The molecule has 0 saturated carbocycles. The largest absolute Gasteiger partial charge is 0.496 e. The zero-order valence-electron chi connectivity index (χ0n) is 11.9. The molecule has 4 heteroatoms. The predicted molar refractivity (Wildman–Crippen MR) is 74.8 cm³/mol. The van der Waals surface area contributed by atoms with Crippen LogP contribution in [0.1, 0.15) is 11.1 Å². The monoisotopic (exact) mass is 265 g/mol. The van der Waals surface area contributed by atoms with Crippen molar-refractivity contribution >= 4 is 0 Å². The molecule has 1 aliphatic heterocycles. The Hall–Kier alpha value is -1.10. The van der Waals surface area contributed by atoms with Crippen molar-refractivity contribution < 1.29 is 14.2 Å². The average Bonchev–Trinajstić information content (AvgIpc) is 2.46. The summed E-state index contributed by atoms with van der Waals surface area (Å²) in [7, 11) is 3.67. The van der Waals surface area contributed by atoms with Crippen molar-refractivity contribution in [3.8, 4) is 5.75 Å². The average molecular weight is 265 g/mol. The van der Waals surface area contributed by atoms with Gasteiger partial charge in [-0.15, -0.1) is 0 Å². The lowest BCUT2D eigenvalue weighted by atomic mass is 9.99. The van der Waals surface area contributed by atoms with Gasteiger partial charge in [-0.25, -0.2) is 0 Å². The first-order valence-corrected chi connectivity index (χ1v) is 6.74. The van der Waals surface area contributed by atoms with Crippen molar-refractivity contribution in [2.24, 2.45) is 0 Å². The van der Waals surface area contributed by atoms with E-state index >= 15 is 0 Å². The molecule has 0 amide bonds. The summed E-state index contributed by atoms with van der Waals surface area (Å²) < 4.78 is 16.7. The number of nitrogens with one attached hydrogen (secondary N) is 1. The van der Waals surface area contributed by atoms with Gasteiger partial charge >= 0.3 is 0 Å². The molecule has 0 bridgehead atoms. The van der Waals surface area contributed by atoms with Crippen LogP contribution in [0.2, 0.25) is 0 Å². The van der Waals surface area contributed by atoms with E-state index in [0.29, 0.717) is 19.8 Å². The zero-order chi connectivity index (χ0) is 13.7. The molecule has 1 aliphatic rings. The van der Waals surface area contributed by atoms with Crippen LogP contribution in [0.5, 0.6) is 5.75 Å². The summed E-state index contributed by atoms with van der Waals surface area (Å²) in [6, 6.07) is 6.50. The van der Waals surface area contributed by atoms with Gasteiger partial charge < -0.3 is 19.5 Å². The second-order valence-electron chi connectivity index (χ2n) is 4.90. The first-order valence-electron chi connectivity index (χ1n) is 6.74. The Kier molecular flexibility index (Phi) is 5.19. The van der Waals surface area contributed by atoms with Gasteiger partial charge in [0.15, 0.2) is 0 Å².